The van der Waals surface area contributed by atoms with E-state index in [-0.39, 0.29) is 11.3 Å². The number of phenolic OH excluding ortho intramolecular Hbond substituents is 1. The van der Waals surface area contributed by atoms with Gasteiger partial charge in [-0.3, -0.25) is 0 Å². The normalized spacial score (nSPS) is 20.7. The van der Waals surface area contributed by atoms with Gasteiger partial charge in [0, 0.05) is 6.42 Å². The molecule has 5 heteroatoms. The molecule has 0 saturated carbocycles. The fourth-order valence-corrected chi connectivity index (χ4v) is 3.36. The third-order valence-corrected chi connectivity index (χ3v) is 4.78. The largest absolute Gasteiger partial charge is 0.507 e. The molecule has 1 N–H and O–H groups in total. The summed E-state index contributed by atoms with van der Waals surface area (Å²) in [6.07, 6.45) is 2.23. The van der Waals surface area contributed by atoms with Crippen LogP contribution in [-0.2, 0) is 15.1 Å². The van der Waals surface area contributed by atoms with Crippen LogP contribution in [0.25, 0.3) is 6.08 Å². The lowest BCUT2D eigenvalue weighted by Gasteiger charge is -2.26. The number of aromatic hydroxyl groups is 1. The molecule has 1 aromatic carbocycles. The fourth-order valence-electron chi connectivity index (χ4n) is 2.49. The lowest BCUT2D eigenvalue weighted by molar-refractivity contribution is -0.0242. The Bertz CT molecular complexity index is 685. The van der Waals surface area contributed by atoms with Gasteiger partial charge in [0.05, 0.1) is 18.1 Å². The molecule has 0 amide bonds. The molecule has 1 unspecified atom stereocenters. The highest BCUT2D eigenvalue weighted by atomic mass is 32.1. The molecule has 3 rings (SSSR count). The number of rotatable bonds is 4. The van der Waals surface area contributed by atoms with Crippen molar-refractivity contribution in [2.45, 2.75) is 12.0 Å². The molecular formula is C17H16O4S. The first kappa shape index (κ1) is 14.8. The molecule has 2 heterocycles. The first-order valence-electron chi connectivity index (χ1n) is 6.95. The van der Waals surface area contributed by atoms with Gasteiger partial charge in [-0.2, -0.15) is 0 Å². The van der Waals surface area contributed by atoms with E-state index in [1.165, 1.54) is 17.4 Å². The molecule has 0 aliphatic carbocycles. The topological polar surface area (TPSA) is 55.8 Å². The average Bonchev–Trinajstić information content (AvgIpc) is 3.19. The Labute approximate surface area is 132 Å². The summed E-state index contributed by atoms with van der Waals surface area (Å²) < 4.78 is 11.2. The van der Waals surface area contributed by atoms with E-state index in [1.54, 1.807) is 18.2 Å². The minimum absolute atomic E-state index is 0.101. The van der Waals surface area contributed by atoms with Crippen molar-refractivity contribution in [3.63, 3.8) is 0 Å². The summed E-state index contributed by atoms with van der Waals surface area (Å²) >= 11 is 1.53. The van der Waals surface area contributed by atoms with Crippen molar-refractivity contribution in [1.29, 1.82) is 0 Å². The molecule has 22 heavy (non-hydrogen) atoms. The third kappa shape index (κ3) is 2.65. The zero-order valence-corrected chi connectivity index (χ0v) is 12.8. The molecule has 4 nitrogen and oxygen atoms in total. The van der Waals surface area contributed by atoms with Crippen LogP contribution in [0, 0.1) is 0 Å². The maximum Gasteiger partial charge on any atom is 0.342 e. The molecule has 1 aliphatic rings. The van der Waals surface area contributed by atoms with Crippen LogP contribution in [-0.4, -0.2) is 24.3 Å². The molecule has 0 bridgehead atoms. The van der Waals surface area contributed by atoms with Crippen molar-refractivity contribution in [2.75, 3.05) is 13.2 Å². The minimum atomic E-state index is -0.762. The molecule has 2 aromatic rings. The van der Waals surface area contributed by atoms with Gasteiger partial charge in [-0.25, -0.2) is 4.79 Å². The average molecular weight is 316 g/mol. The van der Waals surface area contributed by atoms with Gasteiger partial charge >= 0.3 is 5.97 Å². The first-order chi connectivity index (χ1) is 10.6. The molecule has 0 radical (unpaired) electrons. The van der Waals surface area contributed by atoms with Gasteiger partial charge in [0.1, 0.15) is 11.3 Å². The summed E-state index contributed by atoms with van der Waals surface area (Å²) in [6, 6.07) is 8.59. The Balaban J connectivity index is 1.91. The number of hydrogen-bond donors (Lipinski definition) is 1. The zero-order valence-electron chi connectivity index (χ0n) is 12.0. The van der Waals surface area contributed by atoms with Gasteiger partial charge in [0.25, 0.3) is 0 Å². The fraction of sp³-hybridized carbons (Fsp3) is 0.235. The lowest BCUT2D eigenvalue weighted by atomic mass is 10.0. The SMILES string of the molecule is C=Cc1ccc(O)c(C(=O)OC2(c3cccs3)CCOC2)c1. The van der Waals surface area contributed by atoms with Gasteiger partial charge < -0.3 is 14.6 Å². The number of ether oxygens (including phenoxy) is 2. The van der Waals surface area contributed by atoms with Gasteiger partial charge in [0.2, 0.25) is 0 Å². The van der Waals surface area contributed by atoms with E-state index in [9.17, 15) is 9.90 Å². The van der Waals surface area contributed by atoms with Crippen molar-refractivity contribution in [3.8, 4) is 5.75 Å². The monoisotopic (exact) mass is 316 g/mol. The molecule has 1 aliphatic heterocycles. The summed E-state index contributed by atoms with van der Waals surface area (Å²) in [5.41, 5.74) is 0.125. The number of hydrogen-bond acceptors (Lipinski definition) is 5. The standard InChI is InChI=1S/C17H16O4S/c1-2-12-5-6-14(18)13(10-12)16(19)21-17(7-8-20-11-17)15-4-3-9-22-15/h2-6,9-10,18H,1,7-8,11H2. The van der Waals surface area contributed by atoms with Crippen LogP contribution in [0.1, 0.15) is 27.2 Å². The number of thiophene rings is 1. The van der Waals surface area contributed by atoms with Crippen LogP contribution in [0.15, 0.2) is 42.3 Å². The molecule has 0 spiro atoms. The summed E-state index contributed by atoms with van der Waals surface area (Å²) in [7, 11) is 0. The van der Waals surface area contributed by atoms with Crippen molar-refractivity contribution in [3.05, 3.63) is 58.3 Å². The van der Waals surface area contributed by atoms with Crippen LogP contribution in [0.4, 0.5) is 0 Å². The molecule has 1 aromatic heterocycles. The van der Waals surface area contributed by atoms with E-state index in [4.69, 9.17) is 9.47 Å². The van der Waals surface area contributed by atoms with E-state index in [0.717, 1.165) is 10.4 Å². The van der Waals surface area contributed by atoms with Gasteiger partial charge in [-0.1, -0.05) is 24.8 Å². The Morgan fingerprint density at radius 2 is 2.32 bits per heavy atom. The summed E-state index contributed by atoms with van der Waals surface area (Å²) in [6.45, 7) is 4.55. The van der Waals surface area contributed by atoms with Gasteiger partial charge in [-0.15, -0.1) is 11.3 Å². The Morgan fingerprint density at radius 3 is 2.95 bits per heavy atom. The van der Waals surface area contributed by atoms with Crippen LogP contribution in [0.3, 0.4) is 0 Å². The maximum atomic E-state index is 12.5. The van der Waals surface area contributed by atoms with E-state index >= 15 is 0 Å². The number of carbonyl (C=O) groups is 1. The Hall–Kier alpha value is -2.11. The van der Waals surface area contributed by atoms with Gasteiger partial charge in [0.15, 0.2) is 5.60 Å². The second kappa shape index (κ2) is 5.94. The molecule has 1 atom stereocenters. The zero-order chi connectivity index (χ0) is 15.6. The quantitative estimate of drug-likeness (QED) is 0.876. The third-order valence-electron chi connectivity index (χ3n) is 3.72. The summed E-state index contributed by atoms with van der Waals surface area (Å²) in [5, 5.41) is 11.9. The minimum Gasteiger partial charge on any atom is -0.507 e. The molecular weight excluding hydrogens is 300 g/mol. The Kier molecular flexibility index (Phi) is 4.00. The number of phenols is 1. The smallest absolute Gasteiger partial charge is 0.342 e. The van der Waals surface area contributed by atoms with Crippen LogP contribution in [0.5, 0.6) is 5.75 Å². The molecule has 114 valence electrons. The number of esters is 1. The van der Waals surface area contributed by atoms with Gasteiger partial charge in [-0.05, 0) is 29.1 Å². The predicted octanol–water partition coefficient (Wildman–Crippen LogP) is 3.57. The van der Waals surface area contributed by atoms with E-state index in [1.807, 2.05) is 17.5 Å². The van der Waals surface area contributed by atoms with Crippen molar-refractivity contribution in [2.24, 2.45) is 0 Å². The van der Waals surface area contributed by atoms with E-state index in [0.29, 0.717) is 19.6 Å². The van der Waals surface area contributed by atoms with Crippen molar-refractivity contribution in [1.82, 2.24) is 0 Å². The number of carbonyl (C=O) groups excluding carboxylic acids is 1. The summed E-state index contributed by atoms with van der Waals surface area (Å²) in [5.74, 6) is -0.657. The second-order valence-electron chi connectivity index (χ2n) is 5.14. The highest BCUT2D eigenvalue weighted by Crippen LogP contribution is 2.38. The highest BCUT2D eigenvalue weighted by molar-refractivity contribution is 7.10. The van der Waals surface area contributed by atoms with Crippen LogP contribution >= 0.6 is 11.3 Å². The van der Waals surface area contributed by atoms with Crippen molar-refractivity contribution < 1.29 is 19.4 Å². The van der Waals surface area contributed by atoms with Crippen molar-refractivity contribution >= 4 is 23.4 Å². The number of benzene rings is 1. The Morgan fingerprint density at radius 1 is 1.45 bits per heavy atom. The van der Waals surface area contributed by atoms with Crippen LogP contribution in [0.2, 0.25) is 0 Å². The highest BCUT2D eigenvalue weighted by Gasteiger charge is 2.42. The lowest BCUT2D eigenvalue weighted by Crippen LogP contribution is -2.32. The maximum absolute atomic E-state index is 12.5. The molecule has 1 saturated heterocycles. The predicted molar refractivity (Wildman–Crippen MR) is 85.0 cm³/mol. The van der Waals surface area contributed by atoms with E-state index < -0.39 is 11.6 Å². The second-order valence-corrected chi connectivity index (χ2v) is 6.09. The first-order valence-corrected chi connectivity index (χ1v) is 7.83. The summed E-state index contributed by atoms with van der Waals surface area (Å²) in [4.78, 5) is 13.5. The van der Waals surface area contributed by atoms with E-state index in [2.05, 4.69) is 6.58 Å². The molecule has 1 fully saturated rings. The van der Waals surface area contributed by atoms with Crippen LogP contribution < -0.4 is 0 Å².